The zero-order valence-electron chi connectivity index (χ0n) is 23.7. The van der Waals surface area contributed by atoms with Crippen LogP contribution in [0, 0.1) is 13.8 Å². The number of carbonyl (C=O) groups is 5. The number of esters is 1. The molecule has 3 aromatic rings. The maximum absolute atomic E-state index is 13.5. The van der Waals surface area contributed by atoms with Crippen molar-refractivity contribution in [3.8, 4) is 0 Å². The van der Waals surface area contributed by atoms with E-state index in [1.54, 1.807) is 32.0 Å². The number of rotatable bonds is 11. The van der Waals surface area contributed by atoms with Gasteiger partial charge in [0.05, 0.1) is 36.1 Å². The maximum atomic E-state index is 13.5. The number of amidine groups is 1. The van der Waals surface area contributed by atoms with Crippen LogP contribution in [0.3, 0.4) is 0 Å². The first-order valence-electron chi connectivity index (χ1n) is 13.3. The number of nitrogens with zero attached hydrogens (tertiary/aromatic N) is 4. The smallest absolute Gasteiger partial charge is 0.419 e. The normalized spacial score (nSPS) is 13.0. The van der Waals surface area contributed by atoms with Gasteiger partial charge in [-0.2, -0.15) is 0 Å². The summed E-state index contributed by atoms with van der Waals surface area (Å²) in [5, 5.41) is 14.9. The number of ether oxygens (including phenoxy) is 2. The molecular formula is C28H29N7O9. The molecule has 2 heterocycles. The van der Waals surface area contributed by atoms with Crippen LogP contribution in [0.5, 0.6) is 0 Å². The molecule has 0 unspecified atom stereocenters. The van der Waals surface area contributed by atoms with Gasteiger partial charge in [0.2, 0.25) is 6.79 Å². The fourth-order valence-electron chi connectivity index (χ4n) is 3.98. The van der Waals surface area contributed by atoms with Crippen molar-refractivity contribution in [2.75, 3.05) is 12.1 Å². The number of hydrogen-bond donors (Lipinski definition) is 4. The fourth-order valence-corrected chi connectivity index (χ4v) is 3.98. The molecule has 4 rings (SSSR count). The van der Waals surface area contributed by atoms with Crippen molar-refractivity contribution in [1.82, 2.24) is 15.0 Å². The Bertz CT molecular complexity index is 1620. The number of carbonyl (C=O) groups excluding carboxylic acids is 4. The van der Waals surface area contributed by atoms with Gasteiger partial charge in [0, 0.05) is 23.9 Å². The molecule has 1 aliphatic rings. The monoisotopic (exact) mass is 607 g/mol. The van der Waals surface area contributed by atoms with Gasteiger partial charge in [0.15, 0.2) is 11.7 Å². The number of imide groups is 1. The van der Waals surface area contributed by atoms with Crippen molar-refractivity contribution >= 4 is 53.5 Å². The minimum Gasteiger partial charge on any atom is -0.481 e. The third-order valence-corrected chi connectivity index (χ3v) is 6.44. The van der Waals surface area contributed by atoms with E-state index in [1.807, 2.05) is 0 Å². The molecule has 3 amide bonds. The lowest BCUT2D eigenvalue weighted by molar-refractivity contribution is -0.154. The highest BCUT2D eigenvalue weighted by atomic mass is 16.7. The lowest BCUT2D eigenvalue weighted by atomic mass is 10.1. The van der Waals surface area contributed by atoms with E-state index in [1.165, 1.54) is 18.5 Å². The van der Waals surface area contributed by atoms with Crippen molar-refractivity contribution in [3.63, 3.8) is 0 Å². The molecule has 0 aliphatic heterocycles. The Kier molecular flexibility index (Phi) is 9.85. The van der Waals surface area contributed by atoms with E-state index in [0.29, 0.717) is 35.3 Å². The van der Waals surface area contributed by atoms with Crippen molar-refractivity contribution in [2.24, 2.45) is 15.7 Å². The molecule has 1 aliphatic carbocycles. The van der Waals surface area contributed by atoms with Crippen molar-refractivity contribution in [1.29, 1.82) is 0 Å². The predicted molar refractivity (Wildman–Crippen MR) is 154 cm³/mol. The molecule has 0 bridgehead atoms. The number of aromatic amines is 1. The summed E-state index contributed by atoms with van der Waals surface area (Å²) >= 11 is 0. The number of carboxylic acids is 1. The molecule has 1 fully saturated rings. The van der Waals surface area contributed by atoms with Gasteiger partial charge in [-0.15, -0.1) is 0 Å². The standard InChI is InChI=1S/C28H29N7O9/c1-15-3-4-17(26(39)33-21-9-10-44-34-21)11-20(15)32-25(31-13-29)24-16(2)19(12-30-24)27(40)35(18-5-6-18)28(41)43-14-42-23(38)8-7-22(36)37/h3-4,9-13,18,30H,5-8,14H2,1-2H3,(H,36,37)(H2,29,31,32)(H,33,34,39). The number of hydrogen-bond acceptors (Lipinski definition) is 10. The van der Waals surface area contributed by atoms with Crippen LogP contribution >= 0.6 is 0 Å². The number of H-pyrrole nitrogens is 1. The zero-order valence-corrected chi connectivity index (χ0v) is 23.7. The minimum absolute atomic E-state index is 0.107. The Morgan fingerprint density at radius 1 is 1.18 bits per heavy atom. The minimum atomic E-state index is -1.17. The molecule has 230 valence electrons. The van der Waals surface area contributed by atoms with Crippen LogP contribution in [0.1, 0.15) is 63.2 Å². The first kappa shape index (κ1) is 31.1. The summed E-state index contributed by atoms with van der Waals surface area (Å²) in [6.07, 6.45) is 3.05. The predicted octanol–water partition coefficient (Wildman–Crippen LogP) is 3.04. The van der Waals surface area contributed by atoms with Crippen LogP contribution in [-0.2, 0) is 19.1 Å². The number of anilines is 1. The van der Waals surface area contributed by atoms with E-state index in [2.05, 4.69) is 25.4 Å². The Hall–Kier alpha value is -5.80. The van der Waals surface area contributed by atoms with Crippen LogP contribution in [0.2, 0.25) is 0 Å². The molecular weight excluding hydrogens is 578 g/mol. The van der Waals surface area contributed by atoms with Crippen molar-refractivity contribution in [3.05, 3.63) is 64.7 Å². The number of aliphatic carboxylic acids is 1. The Morgan fingerprint density at radius 3 is 2.61 bits per heavy atom. The average molecular weight is 608 g/mol. The number of nitrogens with one attached hydrogen (secondary N) is 2. The van der Waals surface area contributed by atoms with Crippen LogP contribution in [-0.4, -0.2) is 75.0 Å². The van der Waals surface area contributed by atoms with Gasteiger partial charge in [0.25, 0.3) is 11.8 Å². The first-order chi connectivity index (χ1) is 21.1. The molecule has 2 aromatic heterocycles. The summed E-state index contributed by atoms with van der Waals surface area (Å²) in [6, 6.07) is 5.98. The number of benzene rings is 1. The highest BCUT2D eigenvalue weighted by Crippen LogP contribution is 2.31. The second-order valence-electron chi connectivity index (χ2n) is 9.60. The van der Waals surface area contributed by atoms with E-state index in [-0.39, 0.29) is 17.2 Å². The fraction of sp³-hybridized carbons (Fsp3) is 0.286. The largest absolute Gasteiger partial charge is 0.481 e. The Morgan fingerprint density at radius 2 is 1.95 bits per heavy atom. The van der Waals surface area contributed by atoms with Gasteiger partial charge in [-0.1, -0.05) is 11.2 Å². The van der Waals surface area contributed by atoms with Gasteiger partial charge < -0.3 is 35.1 Å². The molecule has 44 heavy (non-hydrogen) atoms. The molecule has 1 saturated carbocycles. The summed E-state index contributed by atoms with van der Waals surface area (Å²) in [6.45, 7) is 2.65. The lowest BCUT2D eigenvalue weighted by Gasteiger charge is -2.19. The third-order valence-electron chi connectivity index (χ3n) is 6.44. The quantitative estimate of drug-likeness (QED) is 0.107. The summed E-state index contributed by atoms with van der Waals surface area (Å²) in [4.78, 5) is 73.8. The second-order valence-corrected chi connectivity index (χ2v) is 9.60. The maximum Gasteiger partial charge on any atom is 0.419 e. The summed E-state index contributed by atoms with van der Waals surface area (Å²) < 4.78 is 14.4. The second kappa shape index (κ2) is 13.9. The third kappa shape index (κ3) is 7.72. The molecule has 16 heteroatoms. The van der Waals surface area contributed by atoms with E-state index in [4.69, 9.17) is 24.8 Å². The SMILES string of the molecule is Cc1ccc(C(=O)Nc2ccon2)cc1N=C(N=CN)c1[nH]cc(C(=O)N(C(=O)OCOC(=O)CCC(=O)O)C2CC2)c1C. The van der Waals surface area contributed by atoms with Gasteiger partial charge in [-0.05, 0) is 49.9 Å². The number of aromatic nitrogens is 2. The van der Waals surface area contributed by atoms with Crippen LogP contribution in [0.25, 0.3) is 0 Å². The average Bonchev–Trinajstić information content (AvgIpc) is 3.53. The molecule has 0 spiro atoms. The van der Waals surface area contributed by atoms with E-state index < -0.39 is 55.5 Å². The number of carboxylic acid groups (broad SMARTS) is 1. The number of nitrogens with two attached hydrogens (primary N) is 1. The van der Waals surface area contributed by atoms with Crippen molar-refractivity contribution in [2.45, 2.75) is 45.6 Å². The highest BCUT2D eigenvalue weighted by Gasteiger charge is 2.40. The molecule has 5 N–H and O–H groups in total. The van der Waals surface area contributed by atoms with Gasteiger partial charge in [-0.3, -0.25) is 19.2 Å². The van der Waals surface area contributed by atoms with Crippen LogP contribution < -0.4 is 11.1 Å². The Balaban J connectivity index is 1.53. The van der Waals surface area contributed by atoms with Gasteiger partial charge in [0.1, 0.15) is 6.26 Å². The van der Waals surface area contributed by atoms with Crippen molar-refractivity contribution < 1.29 is 43.1 Å². The topological polar surface area (TPSA) is 232 Å². The summed E-state index contributed by atoms with van der Waals surface area (Å²) in [5.74, 6) is -2.78. The molecule has 0 atom stereocenters. The zero-order chi connectivity index (χ0) is 31.8. The van der Waals surface area contributed by atoms with Crippen LogP contribution in [0.4, 0.5) is 16.3 Å². The van der Waals surface area contributed by atoms with E-state index >= 15 is 0 Å². The number of amides is 3. The summed E-state index contributed by atoms with van der Waals surface area (Å²) in [5.41, 5.74) is 7.90. The van der Waals surface area contributed by atoms with E-state index in [0.717, 1.165) is 16.8 Å². The molecule has 1 aromatic carbocycles. The molecule has 0 radical (unpaired) electrons. The van der Waals surface area contributed by atoms with Crippen LogP contribution in [0.15, 0.2) is 51.2 Å². The molecule has 16 nitrogen and oxygen atoms in total. The number of aryl methyl sites for hydroxylation is 1. The summed E-state index contributed by atoms with van der Waals surface area (Å²) in [7, 11) is 0. The Labute approximate surface area is 249 Å². The molecule has 0 saturated heterocycles. The van der Waals surface area contributed by atoms with E-state index in [9.17, 15) is 24.0 Å². The number of aliphatic imine (C=N–C) groups is 2. The van der Waals surface area contributed by atoms with Gasteiger partial charge >= 0.3 is 18.0 Å². The lowest BCUT2D eigenvalue weighted by Crippen LogP contribution is -2.39. The highest BCUT2D eigenvalue weighted by molar-refractivity contribution is 6.10. The van der Waals surface area contributed by atoms with Gasteiger partial charge in [-0.25, -0.2) is 19.7 Å². The first-order valence-corrected chi connectivity index (χ1v) is 13.3.